The van der Waals surface area contributed by atoms with Gasteiger partial charge >= 0.3 is 0 Å². The number of aromatic nitrogens is 6. The lowest BCUT2D eigenvalue weighted by Crippen LogP contribution is -2.04. The molecule has 0 atom stereocenters. The van der Waals surface area contributed by atoms with Crippen LogP contribution in [0.5, 0.6) is 0 Å². The molecule has 0 bridgehead atoms. The average molecular weight is 371 g/mol. The number of fused-ring (bicyclic) bond motifs is 1. The fourth-order valence-electron chi connectivity index (χ4n) is 2.60. The maximum atomic E-state index is 5.92. The first-order valence-corrected chi connectivity index (χ1v) is 9.09. The van der Waals surface area contributed by atoms with E-state index in [1.807, 2.05) is 44.2 Å². The number of nitrogens with one attached hydrogen (secondary N) is 1. The number of H-pyrrole nitrogens is 1. The van der Waals surface area contributed by atoms with Gasteiger partial charge in [-0.15, -0.1) is 5.10 Å². The zero-order valence-electron chi connectivity index (χ0n) is 13.7. The minimum absolute atomic E-state index is 0.637. The summed E-state index contributed by atoms with van der Waals surface area (Å²) in [6.45, 7) is 3.94. The first-order chi connectivity index (χ1) is 12.1. The number of rotatable bonds is 4. The number of thioether (sulfide) groups is 1. The standard InChI is InChI=1S/C17H15ClN6S/c1-10-7-11(2)24(23-10)16-15-14(8-19-22-16)20-17(21-15)25-9-12-3-5-13(18)6-4-12/h3-8H,9H2,1-2H3,(H,20,21). The fourth-order valence-corrected chi connectivity index (χ4v) is 3.56. The first kappa shape index (κ1) is 16.1. The van der Waals surface area contributed by atoms with Crippen molar-refractivity contribution in [1.29, 1.82) is 0 Å². The van der Waals surface area contributed by atoms with Crippen LogP contribution in [0.15, 0.2) is 41.7 Å². The summed E-state index contributed by atoms with van der Waals surface area (Å²) in [5.41, 5.74) is 4.72. The third kappa shape index (κ3) is 3.25. The van der Waals surface area contributed by atoms with E-state index in [4.69, 9.17) is 16.6 Å². The molecule has 4 aromatic rings. The molecule has 25 heavy (non-hydrogen) atoms. The van der Waals surface area contributed by atoms with Crippen molar-refractivity contribution in [3.05, 3.63) is 58.5 Å². The number of nitrogens with zero attached hydrogens (tertiary/aromatic N) is 5. The molecule has 0 radical (unpaired) electrons. The predicted octanol–water partition coefficient (Wildman–Crippen LogP) is 4.10. The molecular weight excluding hydrogens is 356 g/mol. The maximum absolute atomic E-state index is 5.92. The summed E-state index contributed by atoms with van der Waals surface area (Å²) in [6.07, 6.45) is 1.68. The summed E-state index contributed by atoms with van der Waals surface area (Å²) in [7, 11) is 0. The summed E-state index contributed by atoms with van der Waals surface area (Å²) < 4.78 is 1.78. The number of aryl methyl sites for hydroxylation is 2. The van der Waals surface area contributed by atoms with E-state index in [-0.39, 0.29) is 0 Å². The van der Waals surface area contributed by atoms with Crippen LogP contribution in [0.1, 0.15) is 17.0 Å². The van der Waals surface area contributed by atoms with E-state index in [1.54, 1.807) is 22.6 Å². The van der Waals surface area contributed by atoms with Crippen molar-refractivity contribution in [3.63, 3.8) is 0 Å². The molecular formula is C17H15ClN6S. The maximum Gasteiger partial charge on any atom is 0.204 e. The monoisotopic (exact) mass is 370 g/mol. The largest absolute Gasteiger partial charge is 0.331 e. The van der Waals surface area contributed by atoms with Gasteiger partial charge in [-0.05, 0) is 37.6 Å². The molecule has 3 aromatic heterocycles. The summed E-state index contributed by atoms with van der Waals surface area (Å²) in [5.74, 6) is 1.44. The molecule has 0 fully saturated rings. The fraction of sp³-hybridized carbons (Fsp3) is 0.176. The molecule has 0 aliphatic rings. The average Bonchev–Trinajstić information content (AvgIpc) is 3.16. The normalized spacial score (nSPS) is 11.3. The Hall–Kier alpha value is -2.38. The molecule has 126 valence electrons. The molecule has 0 saturated heterocycles. The van der Waals surface area contributed by atoms with E-state index in [9.17, 15) is 0 Å². The smallest absolute Gasteiger partial charge is 0.204 e. The summed E-state index contributed by atoms with van der Waals surface area (Å²) in [4.78, 5) is 7.99. The van der Waals surface area contributed by atoms with Crippen LogP contribution in [0.25, 0.3) is 16.9 Å². The van der Waals surface area contributed by atoms with Gasteiger partial charge in [0.15, 0.2) is 5.16 Å². The lowest BCUT2D eigenvalue weighted by molar-refractivity contribution is 0.789. The number of imidazole rings is 1. The Morgan fingerprint density at radius 1 is 1.20 bits per heavy atom. The highest BCUT2D eigenvalue weighted by atomic mass is 35.5. The molecule has 4 rings (SSSR count). The van der Waals surface area contributed by atoms with Crippen molar-refractivity contribution >= 4 is 34.4 Å². The van der Waals surface area contributed by atoms with Crippen molar-refractivity contribution in [1.82, 2.24) is 29.9 Å². The number of benzene rings is 1. The van der Waals surface area contributed by atoms with E-state index >= 15 is 0 Å². The van der Waals surface area contributed by atoms with Crippen molar-refractivity contribution in [3.8, 4) is 5.82 Å². The summed E-state index contributed by atoms with van der Waals surface area (Å²) >= 11 is 7.55. The lowest BCUT2D eigenvalue weighted by atomic mass is 10.2. The SMILES string of the molecule is Cc1cc(C)n(-c2nncc3[nH]c(SCc4ccc(Cl)cc4)nc23)n1. The molecule has 1 aromatic carbocycles. The third-order valence-corrected chi connectivity index (χ3v) is 4.96. The van der Waals surface area contributed by atoms with Gasteiger partial charge in [-0.1, -0.05) is 35.5 Å². The number of hydrogen-bond donors (Lipinski definition) is 1. The van der Waals surface area contributed by atoms with Crippen molar-refractivity contribution in [2.75, 3.05) is 0 Å². The Balaban J connectivity index is 1.65. The van der Waals surface area contributed by atoms with Crippen LogP contribution < -0.4 is 0 Å². The van der Waals surface area contributed by atoms with E-state index in [0.29, 0.717) is 5.82 Å². The van der Waals surface area contributed by atoms with E-state index in [2.05, 4.69) is 20.3 Å². The zero-order chi connectivity index (χ0) is 17.4. The molecule has 0 saturated carbocycles. The Kier molecular flexibility index (Phi) is 4.19. The molecule has 0 aliphatic carbocycles. The highest BCUT2D eigenvalue weighted by molar-refractivity contribution is 7.98. The van der Waals surface area contributed by atoms with Crippen LogP contribution in [0.4, 0.5) is 0 Å². The second kappa shape index (κ2) is 6.50. The van der Waals surface area contributed by atoms with Gasteiger partial charge in [-0.2, -0.15) is 10.2 Å². The van der Waals surface area contributed by atoms with Crippen LogP contribution in [0.3, 0.4) is 0 Å². The van der Waals surface area contributed by atoms with Crippen molar-refractivity contribution in [2.45, 2.75) is 24.8 Å². The van der Waals surface area contributed by atoms with Gasteiger partial charge in [-0.3, -0.25) is 0 Å². The van der Waals surface area contributed by atoms with Gasteiger partial charge in [0.2, 0.25) is 5.82 Å². The number of hydrogen-bond acceptors (Lipinski definition) is 5. The molecule has 0 unspecified atom stereocenters. The Bertz CT molecular complexity index is 1040. The summed E-state index contributed by atoms with van der Waals surface area (Å²) in [6, 6.07) is 9.82. The second-order valence-corrected chi connectivity index (χ2v) is 7.13. The highest BCUT2D eigenvalue weighted by Crippen LogP contribution is 2.25. The third-order valence-electron chi connectivity index (χ3n) is 3.76. The Morgan fingerprint density at radius 2 is 2.00 bits per heavy atom. The lowest BCUT2D eigenvalue weighted by Gasteiger charge is -2.02. The first-order valence-electron chi connectivity index (χ1n) is 7.72. The Labute approximate surface area is 153 Å². The van der Waals surface area contributed by atoms with Crippen LogP contribution >= 0.6 is 23.4 Å². The van der Waals surface area contributed by atoms with Crippen LogP contribution in [0.2, 0.25) is 5.02 Å². The molecule has 0 aliphatic heterocycles. The minimum atomic E-state index is 0.637. The highest BCUT2D eigenvalue weighted by Gasteiger charge is 2.14. The van der Waals surface area contributed by atoms with Gasteiger partial charge in [-0.25, -0.2) is 9.67 Å². The second-order valence-electron chi connectivity index (χ2n) is 5.73. The number of aromatic amines is 1. The van der Waals surface area contributed by atoms with Gasteiger partial charge in [0.25, 0.3) is 0 Å². The van der Waals surface area contributed by atoms with Crippen molar-refractivity contribution < 1.29 is 0 Å². The van der Waals surface area contributed by atoms with E-state index in [0.717, 1.165) is 38.4 Å². The molecule has 1 N–H and O–H groups in total. The van der Waals surface area contributed by atoms with Crippen LogP contribution in [-0.2, 0) is 5.75 Å². The van der Waals surface area contributed by atoms with E-state index < -0.39 is 0 Å². The molecule has 3 heterocycles. The van der Waals surface area contributed by atoms with Gasteiger partial charge in [0.1, 0.15) is 5.52 Å². The zero-order valence-corrected chi connectivity index (χ0v) is 15.3. The van der Waals surface area contributed by atoms with Crippen molar-refractivity contribution in [2.24, 2.45) is 0 Å². The quantitative estimate of drug-likeness (QED) is 0.547. The topological polar surface area (TPSA) is 72.3 Å². The molecule has 0 amide bonds. The molecule has 6 nitrogen and oxygen atoms in total. The van der Waals surface area contributed by atoms with Gasteiger partial charge < -0.3 is 4.98 Å². The van der Waals surface area contributed by atoms with Crippen LogP contribution in [-0.4, -0.2) is 29.9 Å². The summed E-state index contributed by atoms with van der Waals surface area (Å²) in [5, 5.41) is 14.4. The van der Waals surface area contributed by atoms with Gasteiger partial charge in [0.05, 0.1) is 17.4 Å². The van der Waals surface area contributed by atoms with Gasteiger partial charge in [0, 0.05) is 16.5 Å². The predicted molar refractivity (Wildman–Crippen MR) is 99.3 cm³/mol. The number of halogens is 1. The van der Waals surface area contributed by atoms with E-state index in [1.165, 1.54) is 5.56 Å². The van der Waals surface area contributed by atoms with Crippen LogP contribution in [0, 0.1) is 13.8 Å². The molecule has 0 spiro atoms. The minimum Gasteiger partial charge on any atom is -0.331 e. The Morgan fingerprint density at radius 3 is 2.72 bits per heavy atom. The molecule has 8 heteroatoms.